The molecule has 0 spiro atoms. The number of halogens is 1. The summed E-state index contributed by atoms with van der Waals surface area (Å²) in [4.78, 5) is 4.42. The van der Waals surface area contributed by atoms with E-state index in [-0.39, 0.29) is 0 Å². The van der Waals surface area contributed by atoms with Crippen molar-refractivity contribution < 1.29 is 4.42 Å². The zero-order valence-electron chi connectivity index (χ0n) is 9.73. The zero-order valence-corrected chi connectivity index (χ0v) is 11.3. The summed E-state index contributed by atoms with van der Waals surface area (Å²) < 4.78 is 6.13. The van der Waals surface area contributed by atoms with Gasteiger partial charge < -0.3 is 10.2 Å². The summed E-state index contributed by atoms with van der Waals surface area (Å²) in [6.07, 6.45) is 7.09. The van der Waals surface area contributed by atoms with Crippen molar-refractivity contribution in [2.45, 2.75) is 38.0 Å². The molecule has 4 fully saturated rings. The molecule has 0 aliphatic heterocycles. The van der Waals surface area contributed by atoms with Gasteiger partial charge in [0.2, 0.25) is 0 Å². The van der Waals surface area contributed by atoms with Crippen molar-refractivity contribution in [3.63, 3.8) is 0 Å². The number of aromatic nitrogens is 1. The van der Waals surface area contributed by atoms with E-state index in [0.717, 1.165) is 34.0 Å². The molecule has 4 saturated carbocycles. The molecule has 4 bridgehead atoms. The molecule has 5 rings (SSSR count). The van der Waals surface area contributed by atoms with Crippen LogP contribution in [-0.2, 0) is 0 Å². The van der Waals surface area contributed by atoms with Crippen LogP contribution in [0.3, 0.4) is 0 Å². The highest BCUT2D eigenvalue weighted by molar-refractivity contribution is 9.10. The molecular formula is C13H17BrN2O. The lowest BCUT2D eigenvalue weighted by molar-refractivity contribution is -0.00448. The maximum atomic E-state index is 5.66. The molecule has 0 aromatic carbocycles. The van der Waals surface area contributed by atoms with Gasteiger partial charge in [0, 0.05) is 5.92 Å². The van der Waals surface area contributed by atoms with E-state index >= 15 is 0 Å². The summed E-state index contributed by atoms with van der Waals surface area (Å²) in [6, 6.07) is 0.306. The van der Waals surface area contributed by atoms with Gasteiger partial charge in [-0.3, -0.25) is 0 Å². The van der Waals surface area contributed by atoms with Crippen LogP contribution in [0.1, 0.15) is 43.7 Å². The predicted molar refractivity (Wildman–Crippen MR) is 68.4 cm³/mol. The van der Waals surface area contributed by atoms with Crippen LogP contribution in [0.4, 0.5) is 6.01 Å². The quantitative estimate of drug-likeness (QED) is 0.862. The Labute approximate surface area is 109 Å². The van der Waals surface area contributed by atoms with E-state index in [9.17, 15) is 0 Å². The van der Waals surface area contributed by atoms with E-state index in [1.165, 1.54) is 32.1 Å². The third-order valence-electron chi connectivity index (χ3n) is 5.17. The Hall–Kier alpha value is -0.510. The van der Waals surface area contributed by atoms with E-state index in [4.69, 9.17) is 10.2 Å². The van der Waals surface area contributed by atoms with Gasteiger partial charge in [0.25, 0.3) is 6.01 Å². The summed E-state index contributed by atoms with van der Waals surface area (Å²) in [5.74, 6) is 4.24. The molecule has 4 aliphatic carbocycles. The van der Waals surface area contributed by atoms with Gasteiger partial charge in [0.15, 0.2) is 4.67 Å². The first-order chi connectivity index (χ1) is 8.20. The van der Waals surface area contributed by atoms with Crippen molar-refractivity contribution in [1.82, 2.24) is 4.98 Å². The van der Waals surface area contributed by atoms with Crippen LogP contribution in [0.25, 0.3) is 0 Å². The first kappa shape index (κ1) is 10.4. The van der Waals surface area contributed by atoms with Crippen LogP contribution < -0.4 is 5.73 Å². The Balaban J connectivity index is 1.72. The zero-order chi connectivity index (χ0) is 11.6. The molecule has 0 amide bonds. The van der Waals surface area contributed by atoms with Gasteiger partial charge in [0.05, 0.1) is 5.69 Å². The average Bonchev–Trinajstić information content (AvgIpc) is 2.56. The Morgan fingerprint density at radius 1 is 1.06 bits per heavy atom. The number of nitrogen functional groups attached to an aromatic ring is 1. The lowest BCUT2D eigenvalue weighted by atomic mass is 9.51. The topological polar surface area (TPSA) is 52.0 Å². The van der Waals surface area contributed by atoms with Crippen molar-refractivity contribution in [3.05, 3.63) is 10.4 Å². The molecule has 4 aliphatic rings. The van der Waals surface area contributed by atoms with E-state index in [1.54, 1.807) is 0 Å². The summed E-state index contributed by atoms with van der Waals surface area (Å²) in [6.45, 7) is 0. The molecule has 92 valence electrons. The fourth-order valence-electron chi connectivity index (χ4n) is 4.91. The van der Waals surface area contributed by atoms with Gasteiger partial charge in [-0.25, -0.2) is 0 Å². The Kier molecular flexibility index (Phi) is 2.14. The highest BCUT2D eigenvalue weighted by Crippen LogP contribution is 2.60. The minimum absolute atomic E-state index is 0.306. The van der Waals surface area contributed by atoms with Crippen LogP contribution in [-0.4, -0.2) is 4.98 Å². The summed E-state index contributed by atoms with van der Waals surface area (Å²) >= 11 is 3.48. The lowest BCUT2D eigenvalue weighted by Gasteiger charge is -2.54. The number of nitrogens with zero attached hydrogens (tertiary/aromatic N) is 1. The SMILES string of the molecule is Nc1nc(C2C3CC4CC(C3)CC2C4)c(Br)o1. The van der Waals surface area contributed by atoms with Crippen LogP contribution in [0.15, 0.2) is 9.09 Å². The largest absolute Gasteiger partial charge is 0.416 e. The second kappa shape index (κ2) is 3.50. The third kappa shape index (κ3) is 1.49. The summed E-state index contributed by atoms with van der Waals surface area (Å²) in [7, 11) is 0. The number of nitrogens with two attached hydrogens (primary N) is 1. The molecule has 0 atom stereocenters. The number of hydrogen-bond acceptors (Lipinski definition) is 3. The van der Waals surface area contributed by atoms with Crippen molar-refractivity contribution >= 4 is 21.9 Å². The predicted octanol–water partition coefficient (Wildman–Crippen LogP) is 3.56. The van der Waals surface area contributed by atoms with Gasteiger partial charge in [-0.05, 0) is 71.7 Å². The fourth-order valence-corrected chi connectivity index (χ4v) is 5.43. The molecule has 0 radical (unpaired) electrons. The molecule has 4 heteroatoms. The molecule has 1 aromatic rings. The first-order valence-corrected chi connectivity index (χ1v) is 7.41. The molecular weight excluding hydrogens is 280 g/mol. The fraction of sp³-hybridized carbons (Fsp3) is 0.769. The van der Waals surface area contributed by atoms with Crippen molar-refractivity contribution in [2.24, 2.45) is 23.7 Å². The van der Waals surface area contributed by atoms with Crippen LogP contribution in [0, 0.1) is 23.7 Å². The maximum absolute atomic E-state index is 5.66. The van der Waals surface area contributed by atoms with Gasteiger partial charge in [-0.1, -0.05) is 0 Å². The summed E-state index contributed by atoms with van der Waals surface area (Å²) in [5.41, 5.74) is 6.76. The molecule has 1 aromatic heterocycles. The lowest BCUT2D eigenvalue weighted by Crippen LogP contribution is -2.44. The second-order valence-electron chi connectivity index (χ2n) is 6.17. The maximum Gasteiger partial charge on any atom is 0.293 e. The van der Waals surface area contributed by atoms with Crippen LogP contribution in [0.5, 0.6) is 0 Å². The monoisotopic (exact) mass is 296 g/mol. The molecule has 3 nitrogen and oxygen atoms in total. The van der Waals surface area contributed by atoms with Gasteiger partial charge >= 0.3 is 0 Å². The van der Waals surface area contributed by atoms with E-state index < -0.39 is 0 Å². The minimum Gasteiger partial charge on any atom is -0.416 e. The normalized spacial score (nSPS) is 43.2. The average molecular weight is 297 g/mol. The number of rotatable bonds is 1. The molecule has 1 heterocycles. The number of anilines is 1. The number of oxazole rings is 1. The Morgan fingerprint density at radius 2 is 1.65 bits per heavy atom. The molecule has 0 unspecified atom stereocenters. The Bertz CT molecular complexity index is 428. The molecule has 17 heavy (non-hydrogen) atoms. The van der Waals surface area contributed by atoms with Crippen LogP contribution >= 0.6 is 15.9 Å². The highest BCUT2D eigenvalue weighted by Gasteiger charge is 2.50. The minimum atomic E-state index is 0.306. The first-order valence-electron chi connectivity index (χ1n) is 6.62. The van der Waals surface area contributed by atoms with Gasteiger partial charge in [-0.15, -0.1) is 0 Å². The molecule has 0 saturated heterocycles. The molecule has 2 N–H and O–H groups in total. The van der Waals surface area contributed by atoms with Gasteiger partial charge in [0.1, 0.15) is 0 Å². The smallest absolute Gasteiger partial charge is 0.293 e. The Morgan fingerprint density at radius 3 is 2.12 bits per heavy atom. The third-order valence-corrected chi connectivity index (χ3v) is 5.74. The van der Waals surface area contributed by atoms with Gasteiger partial charge in [-0.2, -0.15) is 4.98 Å². The van der Waals surface area contributed by atoms with Crippen molar-refractivity contribution in [3.8, 4) is 0 Å². The highest BCUT2D eigenvalue weighted by atomic mass is 79.9. The standard InChI is InChI=1S/C13H17BrN2O/c14-12-11(16-13(15)17-12)10-8-2-6-1-7(4-8)5-9(10)3-6/h6-10H,1-5H2,(H2,15,16). The number of hydrogen-bond donors (Lipinski definition) is 1. The van der Waals surface area contributed by atoms with Crippen molar-refractivity contribution in [2.75, 3.05) is 5.73 Å². The van der Waals surface area contributed by atoms with E-state index in [1.807, 2.05) is 0 Å². The van der Waals surface area contributed by atoms with E-state index in [2.05, 4.69) is 20.9 Å². The summed E-state index contributed by atoms with van der Waals surface area (Å²) in [5, 5.41) is 0. The van der Waals surface area contributed by atoms with Crippen LogP contribution in [0.2, 0.25) is 0 Å². The van der Waals surface area contributed by atoms with E-state index in [0.29, 0.717) is 11.9 Å². The van der Waals surface area contributed by atoms with Crippen molar-refractivity contribution in [1.29, 1.82) is 0 Å². The second-order valence-corrected chi connectivity index (χ2v) is 6.89.